The molecular weight excluding hydrogens is 514 g/mol. The SMILES string of the molecule is COc1ccc(CCN(CC(C)C)C(=O)c2ccc(C(=O)c3cc4c(cc3C)C(C)(C)CCC4(C)C)o2)cc1OC. The van der Waals surface area contributed by atoms with Crippen LogP contribution in [0.5, 0.6) is 11.5 Å². The van der Waals surface area contributed by atoms with E-state index < -0.39 is 0 Å². The molecule has 1 aromatic heterocycles. The van der Waals surface area contributed by atoms with Crippen molar-refractivity contribution in [1.82, 2.24) is 4.90 Å². The Labute approximate surface area is 245 Å². The molecule has 4 rings (SSSR count). The van der Waals surface area contributed by atoms with Gasteiger partial charge in [0, 0.05) is 18.7 Å². The Hall–Kier alpha value is -3.54. The molecule has 0 fully saturated rings. The third-order valence-corrected chi connectivity index (χ3v) is 8.47. The first kappa shape index (κ1) is 30.4. The van der Waals surface area contributed by atoms with Crippen LogP contribution in [-0.4, -0.2) is 43.9 Å². The predicted molar refractivity (Wildman–Crippen MR) is 163 cm³/mol. The van der Waals surface area contributed by atoms with Crippen molar-refractivity contribution in [2.24, 2.45) is 5.92 Å². The summed E-state index contributed by atoms with van der Waals surface area (Å²) < 4.78 is 16.7. The zero-order valence-electron chi connectivity index (χ0n) is 26.1. The molecule has 0 aliphatic heterocycles. The summed E-state index contributed by atoms with van der Waals surface area (Å²) in [7, 11) is 3.22. The zero-order valence-corrected chi connectivity index (χ0v) is 26.1. The van der Waals surface area contributed by atoms with Gasteiger partial charge in [-0.15, -0.1) is 0 Å². The molecule has 0 radical (unpaired) electrons. The number of ether oxygens (including phenoxy) is 2. The van der Waals surface area contributed by atoms with Crippen molar-refractivity contribution in [1.29, 1.82) is 0 Å². The van der Waals surface area contributed by atoms with Crippen LogP contribution in [0.25, 0.3) is 0 Å². The Bertz CT molecular complexity index is 1430. The van der Waals surface area contributed by atoms with Crippen molar-refractivity contribution in [3.05, 3.63) is 81.8 Å². The van der Waals surface area contributed by atoms with E-state index in [0.717, 1.165) is 24.0 Å². The highest BCUT2D eigenvalue weighted by atomic mass is 16.5. The fourth-order valence-corrected chi connectivity index (χ4v) is 5.85. The second-order valence-electron chi connectivity index (χ2n) is 13.1. The minimum absolute atomic E-state index is 0.0108. The van der Waals surface area contributed by atoms with E-state index in [-0.39, 0.29) is 40.0 Å². The second kappa shape index (κ2) is 11.8. The largest absolute Gasteiger partial charge is 0.493 e. The number of hydrogen-bond acceptors (Lipinski definition) is 5. The number of nitrogens with zero attached hydrogens (tertiary/aromatic N) is 1. The lowest BCUT2D eigenvalue weighted by molar-refractivity contribution is 0.0703. The molecule has 3 aromatic rings. The molecule has 2 aromatic carbocycles. The summed E-state index contributed by atoms with van der Waals surface area (Å²) in [5, 5.41) is 0. The normalized spacial score (nSPS) is 15.4. The Balaban J connectivity index is 1.56. The first-order valence-electron chi connectivity index (χ1n) is 14.6. The number of carbonyl (C=O) groups excluding carboxylic acids is 2. The van der Waals surface area contributed by atoms with Crippen molar-refractivity contribution in [3.8, 4) is 11.5 Å². The highest BCUT2D eigenvalue weighted by Crippen LogP contribution is 2.46. The molecule has 220 valence electrons. The smallest absolute Gasteiger partial charge is 0.289 e. The van der Waals surface area contributed by atoms with Gasteiger partial charge < -0.3 is 18.8 Å². The minimum atomic E-state index is -0.219. The molecular formula is C35H45NO5. The maximum absolute atomic E-state index is 13.7. The molecule has 0 unspecified atom stereocenters. The quantitative estimate of drug-likeness (QED) is 0.240. The summed E-state index contributed by atoms with van der Waals surface area (Å²) in [5.74, 6) is 1.55. The molecule has 1 aliphatic rings. The molecule has 1 heterocycles. The lowest BCUT2D eigenvalue weighted by Crippen LogP contribution is -2.35. The fraction of sp³-hybridized carbons (Fsp3) is 0.486. The molecule has 0 atom stereocenters. The fourth-order valence-electron chi connectivity index (χ4n) is 5.85. The van der Waals surface area contributed by atoms with E-state index in [0.29, 0.717) is 36.6 Å². The predicted octanol–water partition coefficient (Wildman–Crippen LogP) is 7.53. The number of furan rings is 1. The summed E-state index contributed by atoms with van der Waals surface area (Å²) in [5.41, 5.74) is 5.20. The van der Waals surface area contributed by atoms with Gasteiger partial charge in [0.2, 0.25) is 5.78 Å². The summed E-state index contributed by atoms with van der Waals surface area (Å²) in [6, 6.07) is 13.3. The Morgan fingerprint density at radius 1 is 0.878 bits per heavy atom. The van der Waals surface area contributed by atoms with E-state index in [1.54, 1.807) is 31.3 Å². The number of rotatable bonds is 10. The Morgan fingerprint density at radius 2 is 1.49 bits per heavy atom. The number of hydrogen-bond donors (Lipinski definition) is 0. The molecule has 1 amide bonds. The molecule has 0 saturated heterocycles. The first-order chi connectivity index (χ1) is 19.3. The highest BCUT2D eigenvalue weighted by molar-refractivity contribution is 6.09. The van der Waals surface area contributed by atoms with Crippen LogP contribution >= 0.6 is 0 Å². The molecule has 6 heteroatoms. The second-order valence-corrected chi connectivity index (χ2v) is 13.1. The van der Waals surface area contributed by atoms with Gasteiger partial charge in [-0.1, -0.05) is 53.7 Å². The summed E-state index contributed by atoms with van der Waals surface area (Å²) in [6.45, 7) is 16.3. The summed E-state index contributed by atoms with van der Waals surface area (Å²) in [6.07, 6.45) is 2.83. The highest BCUT2D eigenvalue weighted by Gasteiger charge is 2.38. The minimum Gasteiger partial charge on any atom is -0.493 e. The molecule has 0 spiro atoms. The maximum Gasteiger partial charge on any atom is 0.289 e. The summed E-state index contributed by atoms with van der Waals surface area (Å²) >= 11 is 0. The standard InChI is InChI=1S/C35H45NO5/c1-22(2)21-36(17-14-24-10-11-28(39-8)31(19-24)40-9)33(38)30-13-12-29(41-30)32(37)25-20-27-26(18-23(25)3)34(4,5)15-16-35(27,6)7/h10-13,18-20,22H,14-17,21H2,1-9H3. The topological polar surface area (TPSA) is 69.0 Å². The van der Waals surface area contributed by atoms with E-state index in [4.69, 9.17) is 13.9 Å². The van der Waals surface area contributed by atoms with Gasteiger partial charge in [-0.3, -0.25) is 9.59 Å². The van der Waals surface area contributed by atoms with Crippen LogP contribution in [0.15, 0.2) is 46.9 Å². The monoisotopic (exact) mass is 559 g/mol. The van der Waals surface area contributed by atoms with Crippen LogP contribution in [0, 0.1) is 12.8 Å². The van der Waals surface area contributed by atoms with Crippen LogP contribution in [0.1, 0.15) is 103 Å². The number of methoxy groups -OCH3 is 2. The van der Waals surface area contributed by atoms with Crippen molar-refractivity contribution in [2.75, 3.05) is 27.3 Å². The average Bonchev–Trinajstić information content (AvgIpc) is 3.42. The number of benzene rings is 2. The third kappa shape index (κ3) is 6.37. The lowest BCUT2D eigenvalue weighted by Gasteiger charge is -2.42. The van der Waals surface area contributed by atoms with E-state index in [1.807, 2.05) is 25.1 Å². The number of aryl methyl sites for hydroxylation is 1. The van der Waals surface area contributed by atoms with Crippen molar-refractivity contribution < 1.29 is 23.5 Å². The van der Waals surface area contributed by atoms with Crippen LogP contribution in [-0.2, 0) is 17.3 Å². The van der Waals surface area contributed by atoms with Gasteiger partial charge in [0.1, 0.15) is 0 Å². The van der Waals surface area contributed by atoms with Gasteiger partial charge in [-0.25, -0.2) is 0 Å². The lowest BCUT2D eigenvalue weighted by atomic mass is 9.62. The van der Waals surface area contributed by atoms with Gasteiger partial charge in [0.25, 0.3) is 5.91 Å². The van der Waals surface area contributed by atoms with Gasteiger partial charge in [-0.05, 0) is 95.5 Å². The zero-order chi connectivity index (χ0) is 30.1. The van der Waals surface area contributed by atoms with E-state index in [1.165, 1.54) is 11.1 Å². The van der Waals surface area contributed by atoms with Crippen molar-refractivity contribution in [3.63, 3.8) is 0 Å². The van der Waals surface area contributed by atoms with Crippen molar-refractivity contribution in [2.45, 2.75) is 78.6 Å². The number of ketones is 1. The summed E-state index contributed by atoms with van der Waals surface area (Å²) in [4.78, 5) is 29.1. The Kier molecular flexibility index (Phi) is 8.72. The van der Waals surface area contributed by atoms with Crippen LogP contribution in [0.4, 0.5) is 0 Å². The van der Waals surface area contributed by atoms with E-state index in [2.05, 4.69) is 53.7 Å². The molecule has 1 aliphatic carbocycles. The van der Waals surface area contributed by atoms with Crippen LogP contribution < -0.4 is 9.47 Å². The van der Waals surface area contributed by atoms with Gasteiger partial charge in [0.15, 0.2) is 23.0 Å². The Morgan fingerprint density at radius 3 is 2.10 bits per heavy atom. The molecule has 41 heavy (non-hydrogen) atoms. The van der Waals surface area contributed by atoms with Crippen LogP contribution in [0.2, 0.25) is 0 Å². The molecule has 0 bridgehead atoms. The maximum atomic E-state index is 13.7. The number of carbonyl (C=O) groups is 2. The molecule has 0 saturated carbocycles. The molecule has 6 nitrogen and oxygen atoms in total. The third-order valence-electron chi connectivity index (χ3n) is 8.47. The molecule has 0 N–H and O–H groups in total. The number of fused-ring (bicyclic) bond motifs is 1. The van der Waals surface area contributed by atoms with Gasteiger partial charge in [-0.2, -0.15) is 0 Å². The number of amides is 1. The first-order valence-corrected chi connectivity index (χ1v) is 14.6. The van der Waals surface area contributed by atoms with Gasteiger partial charge >= 0.3 is 0 Å². The van der Waals surface area contributed by atoms with Gasteiger partial charge in [0.05, 0.1) is 14.2 Å². The average molecular weight is 560 g/mol. The van der Waals surface area contributed by atoms with Crippen molar-refractivity contribution >= 4 is 11.7 Å². The van der Waals surface area contributed by atoms with E-state index in [9.17, 15) is 9.59 Å². The van der Waals surface area contributed by atoms with E-state index >= 15 is 0 Å². The van der Waals surface area contributed by atoms with Crippen LogP contribution in [0.3, 0.4) is 0 Å².